The number of rotatable bonds is 4. The minimum atomic E-state index is -0.492. The maximum absolute atomic E-state index is 10.6. The second-order valence-electron chi connectivity index (χ2n) is 3.51. The molecule has 0 amide bonds. The summed E-state index contributed by atoms with van der Waals surface area (Å²) in [5.41, 5.74) is 0.883. The first-order valence-electron chi connectivity index (χ1n) is 4.97. The number of aryl methyl sites for hydroxylation is 1. The zero-order chi connectivity index (χ0) is 12.4. The lowest BCUT2D eigenvalue weighted by Crippen LogP contribution is -2.00. The van der Waals surface area contributed by atoms with Crippen molar-refractivity contribution in [3.63, 3.8) is 0 Å². The molecule has 1 aromatic carbocycles. The van der Waals surface area contributed by atoms with Crippen LogP contribution in [0.25, 0.3) is 11.0 Å². The van der Waals surface area contributed by atoms with Gasteiger partial charge in [-0.15, -0.1) is 0 Å². The molecule has 0 unspecified atom stereocenters. The van der Waals surface area contributed by atoms with E-state index in [1.54, 1.807) is 17.8 Å². The van der Waals surface area contributed by atoms with Crippen LogP contribution in [0.3, 0.4) is 0 Å². The van der Waals surface area contributed by atoms with Gasteiger partial charge >= 0.3 is 0 Å². The molecule has 0 aliphatic rings. The van der Waals surface area contributed by atoms with Crippen LogP contribution in [-0.4, -0.2) is 31.9 Å². The van der Waals surface area contributed by atoms with Gasteiger partial charge in [0.1, 0.15) is 11.3 Å². The Labute approximate surface area is 101 Å². The van der Waals surface area contributed by atoms with Crippen molar-refractivity contribution in [2.75, 3.05) is 12.0 Å². The quantitative estimate of drug-likeness (QED) is 0.512. The summed E-state index contributed by atoms with van der Waals surface area (Å²) in [6, 6.07) is 4.25. The van der Waals surface area contributed by atoms with Gasteiger partial charge in [0.15, 0.2) is 0 Å². The maximum Gasteiger partial charge on any atom is 0.271 e. The van der Waals surface area contributed by atoms with E-state index < -0.39 is 4.92 Å². The normalized spacial score (nSPS) is 10.9. The molecule has 0 saturated heterocycles. The Morgan fingerprint density at radius 2 is 2.35 bits per heavy atom. The standard InChI is InChI=1S/C10H11N3O3S/c1-17-5-4-10-11-8-3-2-7(13(15)16)6-9(8)12(10)14/h2-3,6,14H,4-5H2,1H3. The molecule has 2 aromatic rings. The number of hydrogen-bond acceptors (Lipinski definition) is 5. The summed E-state index contributed by atoms with van der Waals surface area (Å²) in [6.45, 7) is 0. The predicted molar refractivity (Wildman–Crippen MR) is 65.7 cm³/mol. The molecule has 7 heteroatoms. The van der Waals surface area contributed by atoms with Crippen molar-refractivity contribution in [1.29, 1.82) is 0 Å². The number of benzene rings is 1. The van der Waals surface area contributed by atoms with Crippen molar-refractivity contribution in [3.05, 3.63) is 34.1 Å². The smallest absolute Gasteiger partial charge is 0.271 e. The zero-order valence-corrected chi connectivity index (χ0v) is 9.98. The Hall–Kier alpha value is -1.76. The third-order valence-corrected chi connectivity index (χ3v) is 3.03. The topological polar surface area (TPSA) is 81.2 Å². The number of nitro benzene ring substituents is 1. The minimum Gasteiger partial charge on any atom is -0.427 e. The fourth-order valence-corrected chi connectivity index (χ4v) is 1.96. The molecule has 1 aromatic heterocycles. The van der Waals surface area contributed by atoms with Gasteiger partial charge < -0.3 is 5.21 Å². The molecule has 0 radical (unpaired) electrons. The van der Waals surface area contributed by atoms with E-state index in [0.717, 1.165) is 10.5 Å². The van der Waals surface area contributed by atoms with Crippen molar-refractivity contribution in [2.45, 2.75) is 6.42 Å². The Morgan fingerprint density at radius 1 is 1.59 bits per heavy atom. The number of non-ortho nitro benzene ring substituents is 1. The van der Waals surface area contributed by atoms with Crippen LogP contribution in [-0.2, 0) is 6.42 Å². The fourth-order valence-electron chi connectivity index (χ4n) is 1.57. The van der Waals surface area contributed by atoms with Gasteiger partial charge in [0.25, 0.3) is 5.69 Å². The highest BCUT2D eigenvalue weighted by Gasteiger charge is 2.13. The number of nitro groups is 1. The Kier molecular flexibility index (Phi) is 3.19. The highest BCUT2D eigenvalue weighted by Crippen LogP contribution is 2.21. The summed E-state index contributed by atoms with van der Waals surface area (Å²) < 4.78 is 0.929. The van der Waals surface area contributed by atoms with Gasteiger partial charge in [-0.2, -0.15) is 16.5 Å². The summed E-state index contributed by atoms with van der Waals surface area (Å²) in [5.74, 6) is 1.36. The van der Waals surface area contributed by atoms with Crippen LogP contribution < -0.4 is 0 Å². The predicted octanol–water partition coefficient (Wildman–Crippen LogP) is 2.09. The number of imidazole rings is 1. The molecular formula is C10H11N3O3S. The molecule has 0 bridgehead atoms. The molecular weight excluding hydrogens is 242 g/mol. The van der Waals surface area contributed by atoms with Gasteiger partial charge in [-0.25, -0.2) is 4.98 Å². The average molecular weight is 253 g/mol. The highest BCUT2D eigenvalue weighted by molar-refractivity contribution is 7.98. The van der Waals surface area contributed by atoms with Crippen LogP contribution >= 0.6 is 11.8 Å². The molecule has 6 nitrogen and oxygen atoms in total. The molecule has 0 saturated carbocycles. The zero-order valence-electron chi connectivity index (χ0n) is 9.16. The van der Waals surface area contributed by atoms with E-state index in [2.05, 4.69) is 4.98 Å². The van der Waals surface area contributed by atoms with Gasteiger partial charge in [-0.3, -0.25) is 10.1 Å². The second kappa shape index (κ2) is 4.62. The maximum atomic E-state index is 10.6. The summed E-state index contributed by atoms with van der Waals surface area (Å²) >= 11 is 1.65. The monoisotopic (exact) mass is 253 g/mol. The Morgan fingerprint density at radius 3 is 3.00 bits per heavy atom. The van der Waals surface area contributed by atoms with Crippen LogP contribution in [0.5, 0.6) is 0 Å². The van der Waals surface area contributed by atoms with Crippen LogP contribution in [0.1, 0.15) is 5.82 Å². The molecule has 1 heterocycles. The molecule has 0 spiro atoms. The molecule has 0 atom stereocenters. The molecule has 2 rings (SSSR count). The number of nitrogens with zero attached hydrogens (tertiary/aromatic N) is 3. The lowest BCUT2D eigenvalue weighted by Gasteiger charge is -1.98. The van der Waals surface area contributed by atoms with Crippen LogP contribution in [0.15, 0.2) is 18.2 Å². The lowest BCUT2D eigenvalue weighted by molar-refractivity contribution is -0.384. The van der Waals surface area contributed by atoms with Gasteiger partial charge in [0.05, 0.1) is 10.4 Å². The van der Waals surface area contributed by atoms with E-state index in [-0.39, 0.29) is 5.69 Å². The first kappa shape index (κ1) is 11.7. The molecule has 90 valence electrons. The van der Waals surface area contributed by atoms with Crippen LogP contribution in [0, 0.1) is 10.1 Å². The van der Waals surface area contributed by atoms with Crippen molar-refractivity contribution in [3.8, 4) is 0 Å². The van der Waals surface area contributed by atoms with E-state index in [1.807, 2.05) is 6.26 Å². The van der Waals surface area contributed by atoms with Crippen molar-refractivity contribution in [1.82, 2.24) is 9.71 Å². The average Bonchev–Trinajstić information content (AvgIpc) is 2.63. The summed E-state index contributed by atoms with van der Waals surface area (Å²) in [5, 5.41) is 20.5. The van der Waals surface area contributed by atoms with E-state index >= 15 is 0 Å². The van der Waals surface area contributed by atoms with Gasteiger partial charge in [-0.1, -0.05) is 0 Å². The number of aromatic nitrogens is 2. The largest absolute Gasteiger partial charge is 0.427 e. The Balaban J connectivity index is 2.47. The van der Waals surface area contributed by atoms with Crippen LogP contribution in [0.2, 0.25) is 0 Å². The third-order valence-electron chi connectivity index (χ3n) is 2.42. The molecule has 1 N–H and O–H groups in total. The van der Waals surface area contributed by atoms with Crippen LogP contribution in [0.4, 0.5) is 5.69 Å². The SMILES string of the molecule is CSCCc1nc2ccc([N+](=O)[O-])cc2n1O. The fraction of sp³-hybridized carbons (Fsp3) is 0.300. The molecule has 0 aliphatic carbocycles. The number of hydrogen-bond donors (Lipinski definition) is 1. The summed E-state index contributed by atoms with van der Waals surface area (Å²) in [4.78, 5) is 14.4. The minimum absolute atomic E-state index is 0.0517. The molecule has 17 heavy (non-hydrogen) atoms. The first-order valence-corrected chi connectivity index (χ1v) is 6.37. The van der Waals surface area contributed by atoms with E-state index in [9.17, 15) is 15.3 Å². The Bertz CT molecular complexity index is 567. The highest BCUT2D eigenvalue weighted by atomic mass is 32.2. The molecule has 0 fully saturated rings. The summed E-state index contributed by atoms with van der Waals surface area (Å²) in [7, 11) is 0. The second-order valence-corrected chi connectivity index (χ2v) is 4.50. The van der Waals surface area contributed by atoms with E-state index in [1.165, 1.54) is 12.1 Å². The molecule has 0 aliphatic heterocycles. The third kappa shape index (κ3) is 2.19. The lowest BCUT2D eigenvalue weighted by atomic mass is 10.3. The van der Waals surface area contributed by atoms with Crippen molar-refractivity contribution >= 4 is 28.5 Å². The summed E-state index contributed by atoms with van der Waals surface area (Å²) in [6.07, 6.45) is 2.59. The van der Waals surface area contributed by atoms with Crippen molar-refractivity contribution in [2.24, 2.45) is 0 Å². The number of fused-ring (bicyclic) bond motifs is 1. The number of thioether (sulfide) groups is 1. The van der Waals surface area contributed by atoms with E-state index in [4.69, 9.17) is 0 Å². The van der Waals surface area contributed by atoms with Gasteiger partial charge in [-0.05, 0) is 12.3 Å². The van der Waals surface area contributed by atoms with Crippen molar-refractivity contribution < 1.29 is 10.1 Å². The van der Waals surface area contributed by atoms with E-state index in [0.29, 0.717) is 23.3 Å². The first-order chi connectivity index (χ1) is 8.13. The van der Waals surface area contributed by atoms with Gasteiger partial charge in [0.2, 0.25) is 0 Å². The van der Waals surface area contributed by atoms with Gasteiger partial charge in [0, 0.05) is 24.3 Å².